The average Bonchev–Trinajstić information content (AvgIpc) is 2.29. The van der Waals surface area contributed by atoms with Gasteiger partial charge in [-0.3, -0.25) is 4.79 Å². The van der Waals surface area contributed by atoms with Crippen molar-refractivity contribution in [3.8, 4) is 0 Å². The molecule has 0 unspecified atom stereocenters. The third-order valence-electron chi connectivity index (χ3n) is 2.62. The summed E-state index contributed by atoms with van der Waals surface area (Å²) < 4.78 is 4.53. The Morgan fingerprint density at radius 3 is 2.53 bits per heavy atom. The molecule has 0 radical (unpaired) electrons. The van der Waals surface area contributed by atoms with Gasteiger partial charge in [-0.2, -0.15) is 0 Å². The van der Waals surface area contributed by atoms with Gasteiger partial charge in [0, 0.05) is 5.92 Å². The zero-order chi connectivity index (χ0) is 11.3. The lowest BCUT2D eigenvalue weighted by atomic mass is 9.97. The predicted octanol–water partition coefficient (Wildman–Crippen LogP) is -0.336. The summed E-state index contributed by atoms with van der Waals surface area (Å²) in [6.45, 7) is 3.36. The number of hydrogen-bond donors (Lipinski definition) is 2. The normalized spacial score (nSPS) is 19.3. The molecular weight excluding hydrogens is 196 g/mol. The second kappa shape index (κ2) is 5.70. The molecule has 1 aliphatic heterocycles. The van der Waals surface area contributed by atoms with E-state index in [2.05, 4.69) is 15.4 Å². The van der Waals surface area contributed by atoms with E-state index < -0.39 is 12.0 Å². The SMILES string of the molecule is COC(=O)[C@H](C)NC(=O)C1CCNCC1. The van der Waals surface area contributed by atoms with Gasteiger partial charge >= 0.3 is 5.97 Å². The maximum absolute atomic E-state index is 11.7. The van der Waals surface area contributed by atoms with Gasteiger partial charge in [-0.25, -0.2) is 4.79 Å². The lowest BCUT2D eigenvalue weighted by Gasteiger charge is -2.23. The summed E-state index contributed by atoms with van der Waals surface area (Å²) >= 11 is 0. The van der Waals surface area contributed by atoms with Crippen molar-refractivity contribution >= 4 is 11.9 Å². The maximum Gasteiger partial charge on any atom is 0.328 e. The third kappa shape index (κ3) is 3.51. The van der Waals surface area contributed by atoms with E-state index in [-0.39, 0.29) is 11.8 Å². The summed E-state index contributed by atoms with van der Waals surface area (Å²) in [4.78, 5) is 22.8. The van der Waals surface area contributed by atoms with Crippen LogP contribution in [0.4, 0.5) is 0 Å². The van der Waals surface area contributed by atoms with Crippen LogP contribution in [-0.2, 0) is 14.3 Å². The molecule has 1 amide bonds. The summed E-state index contributed by atoms with van der Waals surface area (Å²) in [6.07, 6.45) is 1.67. The number of ether oxygens (including phenoxy) is 1. The fourth-order valence-corrected chi connectivity index (χ4v) is 1.65. The van der Waals surface area contributed by atoms with Gasteiger partial charge in [-0.15, -0.1) is 0 Å². The lowest BCUT2D eigenvalue weighted by Crippen LogP contribution is -2.44. The zero-order valence-electron chi connectivity index (χ0n) is 9.21. The minimum atomic E-state index is -0.558. The molecule has 1 heterocycles. The van der Waals surface area contributed by atoms with Crippen molar-refractivity contribution in [2.75, 3.05) is 20.2 Å². The minimum absolute atomic E-state index is 0.0263. The molecule has 0 aromatic carbocycles. The second-order valence-electron chi connectivity index (χ2n) is 3.78. The molecule has 0 saturated carbocycles. The zero-order valence-corrected chi connectivity index (χ0v) is 9.21. The molecule has 1 aliphatic rings. The largest absolute Gasteiger partial charge is 0.467 e. The second-order valence-corrected chi connectivity index (χ2v) is 3.78. The first-order valence-corrected chi connectivity index (χ1v) is 5.24. The van der Waals surface area contributed by atoms with Gasteiger partial charge in [0.05, 0.1) is 7.11 Å². The van der Waals surface area contributed by atoms with Gasteiger partial charge in [0.15, 0.2) is 0 Å². The summed E-state index contributed by atoms with van der Waals surface area (Å²) in [6, 6.07) is -0.558. The van der Waals surface area contributed by atoms with Crippen LogP contribution in [0.1, 0.15) is 19.8 Å². The molecule has 0 aromatic rings. The molecule has 86 valence electrons. The van der Waals surface area contributed by atoms with E-state index in [1.807, 2.05) is 0 Å². The van der Waals surface area contributed by atoms with Gasteiger partial charge in [-0.1, -0.05) is 0 Å². The Morgan fingerprint density at radius 2 is 2.00 bits per heavy atom. The summed E-state index contributed by atoms with van der Waals surface area (Å²) in [5.74, 6) is -0.426. The van der Waals surface area contributed by atoms with Crippen LogP contribution in [0.3, 0.4) is 0 Å². The van der Waals surface area contributed by atoms with Crippen molar-refractivity contribution in [3.05, 3.63) is 0 Å². The Labute approximate surface area is 89.6 Å². The topological polar surface area (TPSA) is 67.4 Å². The highest BCUT2D eigenvalue weighted by atomic mass is 16.5. The van der Waals surface area contributed by atoms with Crippen molar-refractivity contribution in [2.45, 2.75) is 25.8 Å². The molecule has 1 fully saturated rings. The lowest BCUT2D eigenvalue weighted by molar-refractivity contribution is -0.145. The van der Waals surface area contributed by atoms with Crippen LogP contribution in [0.5, 0.6) is 0 Å². The van der Waals surface area contributed by atoms with Crippen LogP contribution in [-0.4, -0.2) is 38.1 Å². The molecule has 1 saturated heterocycles. The number of rotatable bonds is 3. The average molecular weight is 214 g/mol. The van der Waals surface area contributed by atoms with E-state index in [0.29, 0.717) is 0 Å². The van der Waals surface area contributed by atoms with Crippen molar-refractivity contribution in [1.82, 2.24) is 10.6 Å². The van der Waals surface area contributed by atoms with Gasteiger partial charge in [-0.05, 0) is 32.9 Å². The van der Waals surface area contributed by atoms with Crippen molar-refractivity contribution < 1.29 is 14.3 Å². The Kier molecular flexibility index (Phi) is 4.55. The Bertz CT molecular complexity index is 237. The number of piperidine rings is 1. The molecule has 15 heavy (non-hydrogen) atoms. The first-order chi connectivity index (χ1) is 7.15. The van der Waals surface area contributed by atoms with Crippen LogP contribution in [0, 0.1) is 5.92 Å². The standard InChI is InChI=1S/C10H18N2O3/c1-7(10(14)15-2)12-9(13)8-3-5-11-6-4-8/h7-8,11H,3-6H2,1-2H3,(H,12,13)/t7-/m0/s1. The summed E-state index contributed by atoms with van der Waals surface area (Å²) in [5, 5.41) is 5.84. The van der Waals surface area contributed by atoms with Crippen LogP contribution in [0.2, 0.25) is 0 Å². The number of carbonyl (C=O) groups is 2. The molecule has 1 atom stereocenters. The molecule has 1 rings (SSSR count). The molecule has 0 aromatic heterocycles. The predicted molar refractivity (Wildman–Crippen MR) is 55.2 cm³/mol. The van der Waals surface area contributed by atoms with E-state index in [1.54, 1.807) is 6.92 Å². The number of nitrogens with one attached hydrogen (secondary N) is 2. The first kappa shape index (κ1) is 12.0. The number of carbonyl (C=O) groups excluding carboxylic acids is 2. The van der Waals surface area contributed by atoms with E-state index in [1.165, 1.54) is 7.11 Å². The minimum Gasteiger partial charge on any atom is -0.467 e. The third-order valence-corrected chi connectivity index (χ3v) is 2.62. The highest BCUT2D eigenvalue weighted by Crippen LogP contribution is 2.11. The van der Waals surface area contributed by atoms with Crippen LogP contribution >= 0.6 is 0 Å². The fourth-order valence-electron chi connectivity index (χ4n) is 1.65. The van der Waals surface area contributed by atoms with Gasteiger partial charge in [0.25, 0.3) is 0 Å². The van der Waals surface area contributed by atoms with Crippen LogP contribution < -0.4 is 10.6 Å². The number of amides is 1. The maximum atomic E-state index is 11.7. The molecule has 0 aliphatic carbocycles. The van der Waals surface area contributed by atoms with E-state index in [4.69, 9.17) is 0 Å². The van der Waals surface area contributed by atoms with E-state index in [9.17, 15) is 9.59 Å². The van der Waals surface area contributed by atoms with Gasteiger partial charge in [0.1, 0.15) is 6.04 Å². The Morgan fingerprint density at radius 1 is 1.40 bits per heavy atom. The van der Waals surface area contributed by atoms with Crippen LogP contribution in [0.15, 0.2) is 0 Å². The number of hydrogen-bond acceptors (Lipinski definition) is 4. The Balaban J connectivity index is 2.36. The van der Waals surface area contributed by atoms with Gasteiger partial charge in [0.2, 0.25) is 5.91 Å². The van der Waals surface area contributed by atoms with E-state index >= 15 is 0 Å². The molecule has 5 nitrogen and oxygen atoms in total. The molecule has 0 bridgehead atoms. The van der Waals surface area contributed by atoms with Crippen molar-refractivity contribution in [3.63, 3.8) is 0 Å². The van der Waals surface area contributed by atoms with Crippen molar-refractivity contribution in [1.29, 1.82) is 0 Å². The van der Waals surface area contributed by atoms with Gasteiger partial charge < -0.3 is 15.4 Å². The number of esters is 1. The quantitative estimate of drug-likeness (QED) is 0.631. The monoisotopic (exact) mass is 214 g/mol. The molecular formula is C10H18N2O3. The van der Waals surface area contributed by atoms with Crippen LogP contribution in [0.25, 0.3) is 0 Å². The summed E-state index contributed by atoms with van der Waals surface area (Å²) in [5.41, 5.74) is 0. The van der Waals surface area contributed by atoms with Crippen molar-refractivity contribution in [2.24, 2.45) is 5.92 Å². The fraction of sp³-hybridized carbons (Fsp3) is 0.800. The molecule has 0 spiro atoms. The molecule has 2 N–H and O–H groups in total. The van der Waals surface area contributed by atoms with E-state index in [0.717, 1.165) is 25.9 Å². The highest BCUT2D eigenvalue weighted by Gasteiger charge is 2.24. The highest BCUT2D eigenvalue weighted by molar-refractivity contribution is 5.85. The first-order valence-electron chi connectivity index (χ1n) is 5.24. The Hall–Kier alpha value is -1.10. The smallest absolute Gasteiger partial charge is 0.328 e. The number of methoxy groups -OCH3 is 1. The molecule has 5 heteroatoms. The summed E-state index contributed by atoms with van der Waals surface area (Å²) in [7, 11) is 1.31.